The normalized spacial score (nSPS) is 17.4. The molecule has 596 valence electrons. The van der Waals surface area contributed by atoms with Gasteiger partial charge in [-0.3, -0.25) is 62.9 Å². The minimum Gasteiger partial charge on any atom is -0.444 e. The summed E-state index contributed by atoms with van der Waals surface area (Å²) in [5.41, 5.74) is 1.17. The molecule has 4 fully saturated rings. The molecule has 0 spiro atoms. The molecule has 3 saturated heterocycles. The summed E-state index contributed by atoms with van der Waals surface area (Å²) in [6.45, 7) is 8.60. The number of nitrogens with zero attached hydrogens (tertiary/aromatic N) is 5. The van der Waals surface area contributed by atoms with Crippen LogP contribution in [-0.4, -0.2) is 121 Å². The standard InChI is InChI=1S/C31H32FN5O6.C31H34N4O5.C21H25N5O5/c1-18-14-25(36-43-18)29(40)35-24-5-3-13-37(31(24)42)26(15-19-7-9-22(32)10-8-19)30(41)34-23(16-20-4-2-6-27(20)38)17-21-11-12-33-28(21)39;1-2-10-25(20-24-16-17-32-28(24)36)33-29(37)27(19-22-11-5-3-6-12-22)35-18-9-15-26(30(35)38)34-31(39)40-21-23-13-7-4-8-14-23;1-3-5-15(11-14-7-8-22-19(14)28)23-18(27)12-26-9-4-6-16(21(26)30)24-20(29)17-10-13(2)31-25-17/h3,5,7-10,13-14,16,21,23,26H,2,4,6,11-12,15,17H2,1H3,(H,33,39)(H,34,41)(H,35,40);2-15,18,24-25,27H,16-17,19-21H2,1H3,(H,32,36)(H,33,37)(H,34,39);3-6,9-10,14-15H,7-8,11-12H2,1-2H3,(H,22,28)(H,23,27)(H,24,29)/b20-16+;10-2+;5-3+/t21-,23+,26-;24-,25-,27+;14-,15+/m010/s1. The van der Waals surface area contributed by atoms with Gasteiger partial charge in [-0.2, -0.15) is 0 Å². The molecular formula is C83H91FN14O16. The molecule has 12 rings (SSSR count). The third kappa shape index (κ3) is 23.7. The average Bonchev–Trinajstić information content (AvgIpc) is 0.964. The Morgan fingerprint density at radius 3 is 1.44 bits per heavy atom. The number of Topliss-reactive ketones (excluding diaryl/α,β-unsaturated/α-hetero) is 1. The van der Waals surface area contributed by atoms with Gasteiger partial charge in [0, 0.05) is 105 Å². The highest BCUT2D eigenvalue weighted by Crippen LogP contribution is 2.27. The van der Waals surface area contributed by atoms with E-state index in [4.69, 9.17) is 13.8 Å². The number of rotatable bonds is 29. The van der Waals surface area contributed by atoms with Gasteiger partial charge < -0.3 is 70.0 Å². The zero-order valence-electron chi connectivity index (χ0n) is 63.4. The number of carbonyl (C=O) groups is 10. The van der Waals surface area contributed by atoms with Crippen molar-refractivity contribution in [3.05, 3.63) is 264 Å². The third-order valence-corrected chi connectivity index (χ3v) is 19.4. The van der Waals surface area contributed by atoms with E-state index in [9.17, 15) is 66.7 Å². The van der Waals surface area contributed by atoms with Crippen molar-refractivity contribution in [2.24, 2.45) is 17.8 Å². The van der Waals surface area contributed by atoms with Crippen molar-refractivity contribution in [3.8, 4) is 0 Å². The molecule has 0 unspecified atom stereocenters. The van der Waals surface area contributed by atoms with Gasteiger partial charge in [0.15, 0.2) is 17.2 Å². The van der Waals surface area contributed by atoms with Crippen molar-refractivity contribution in [1.29, 1.82) is 0 Å². The van der Waals surface area contributed by atoms with E-state index in [1.807, 2.05) is 98.8 Å². The molecule has 0 radical (unpaired) electrons. The number of aromatic nitrogens is 5. The molecular weight excluding hydrogens is 1470 g/mol. The molecule has 30 nitrogen and oxygen atoms in total. The number of pyridine rings is 3. The van der Waals surface area contributed by atoms with Crippen LogP contribution in [0.1, 0.15) is 133 Å². The van der Waals surface area contributed by atoms with Crippen LogP contribution in [0.2, 0.25) is 0 Å². The van der Waals surface area contributed by atoms with Gasteiger partial charge in [-0.1, -0.05) is 113 Å². The Hall–Kier alpha value is -13.2. The van der Waals surface area contributed by atoms with E-state index in [-0.39, 0.29) is 120 Å². The summed E-state index contributed by atoms with van der Waals surface area (Å²) in [6.07, 6.45) is 18.0. The summed E-state index contributed by atoms with van der Waals surface area (Å²) in [7, 11) is 0. The Morgan fingerprint density at radius 2 is 0.982 bits per heavy atom. The summed E-state index contributed by atoms with van der Waals surface area (Å²) < 4.78 is 32.5. The van der Waals surface area contributed by atoms with Crippen molar-refractivity contribution in [2.75, 3.05) is 35.6 Å². The Balaban J connectivity index is 0.000000183. The molecule has 114 heavy (non-hydrogen) atoms. The zero-order chi connectivity index (χ0) is 81.2. The highest BCUT2D eigenvalue weighted by atomic mass is 19.1. The number of allylic oxidation sites excluding steroid dienone is 3. The second-order valence-corrected chi connectivity index (χ2v) is 27.9. The van der Waals surface area contributed by atoms with E-state index in [1.54, 1.807) is 32.1 Å². The van der Waals surface area contributed by atoms with E-state index in [2.05, 4.69) is 58.2 Å². The molecule has 8 atom stereocenters. The lowest BCUT2D eigenvalue weighted by Gasteiger charge is -2.25. The van der Waals surface area contributed by atoms with Gasteiger partial charge in [-0.25, -0.2) is 9.18 Å². The zero-order valence-corrected chi connectivity index (χ0v) is 63.4. The van der Waals surface area contributed by atoms with Crippen LogP contribution in [0.3, 0.4) is 0 Å². The number of anilines is 3. The number of ether oxygens (including phenoxy) is 1. The predicted molar refractivity (Wildman–Crippen MR) is 419 cm³/mol. The Bertz CT molecular complexity index is 5050. The van der Waals surface area contributed by atoms with E-state index in [0.717, 1.165) is 24.0 Å². The number of halogens is 1. The van der Waals surface area contributed by atoms with Crippen LogP contribution in [0.4, 0.5) is 26.2 Å². The van der Waals surface area contributed by atoms with Crippen LogP contribution >= 0.6 is 0 Å². The number of nitrogens with one attached hydrogen (secondary N) is 9. The van der Waals surface area contributed by atoms with Gasteiger partial charge in [-0.15, -0.1) is 0 Å². The lowest BCUT2D eigenvalue weighted by molar-refractivity contribution is -0.126. The maximum absolute atomic E-state index is 14.0. The first-order valence-corrected chi connectivity index (χ1v) is 37.6. The second-order valence-electron chi connectivity index (χ2n) is 27.9. The van der Waals surface area contributed by atoms with E-state index in [0.29, 0.717) is 87.2 Å². The highest BCUT2D eigenvalue weighted by molar-refractivity contribution is 6.03. The second kappa shape index (κ2) is 40.6. The van der Waals surface area contributed by atoms with Crippen LogP contribution < -0.4 is 64.5 Å². The fraction of sp³-hybridized carbons (Fsp3) is 0.337. The lowest BCUT2D eigenvalue weighted by Crippen LogP contribution is -2.44. The quantitative estimate of drug-likeness (QED) is 0.0158. The lowest BCUT2D eigenvalue weighted by atomic mass is 9.95. The van der Waals surface area contributed by atoms with Crippen LogP contribution in [0.5, 0.6) is 0 Å². The van der Waals surface area contributed by atoms with Gasteiger partial charge >= 0.3 is 6.09 Å². The number of aryl methyl sites for hydroxylation is 2. The van der Waals surface area contributed by atoms with E-state index in [1.165, 1.54) is 93.0 Å². The predicted octanol–water partition coefficient (Wildman–Crippen LogP) is 7.96. The molecule has 0 bridgehead atoms. The summed E-state index contributed by atoms with van der Waals surface area (Å²) in [5, 5.41) is 32.1. The Kier molecular flexibility index (Phi) is 29.7. The van der Waals surface area contributed by atoms with E-state index < -0.39 is 64.4 Å². The van der Waals surface area contributed by atoms with Crippen molar-refractivity contribution >= 4 is 76.2 Å². The molecule has 5 aromatic heterocycles. The molecule has 9 amide bonds. The average molecular weight is 1560 g/mol. The molecule has 1 saturated carbocycles. The van der Waals surface area contributed by atoms with Gasteiger partial charge in [0.05, 0.1) is 0 Å². The topological polar surface area (TPSA) is 406 Å². The van der Waals surface area contributed by atoms with Gasteiger partial charge in [0.1, 0.15) is 59.6 Å². The van der Waals surface area contributed by atoms with E-state index >= 15 is 0 Å². The van der Waals surface area contributed by atoms with Gasteiger partial charge in [-0.05, 0) is 150 Å². The third-order valence-electron chi connectivity index (χ3n) is 19.4. The first-order valence-electron chi connectivity index (χ1n) is 37.6. The van der Waals surface area contributed by atoms with Crippen LogP contribution in [0.15, 0.2) is 211 Å². The maximum atomic E-state index is 14.0. The number of hydrogen-bond donors (Lipinski definition) is 9. The summed E-state index contributed by atoms with van der Waals surface area (Å²) in [4.78, 5) is 166. The number of carbonyl (C=O) groups excluding carboxylic acids is 10. The Labute approximate surface area is 654 Å². The van der Waals surface area contributed by atoms with Crippen LogP contribution in [-0.2, 0) is 64.3 Å². The SMILES string of the molecule is C/C=C/[C@H](C[C@@H]1CCNC1=O)NC(=O)Cn1cccc(NC(=O)c2cc(C)on2)c1=O.C/C=C/[C@H](C[C@H]1CCNC1=O)NC(=O)[C@H](Cc1ccccc1)n1cccc(NC(=O)OCc2ccccc2)c1=O.Cc1cc(C(=O)Nc2cccn([C@@H](Cc3ccc(F)cc3)C(=O)N[C@H](/C=C3\CCCC3=O)C[C@@H]3CCNC3=O)c2=O)no1. The molecule has 1 aliphatic carbocycles. The number of hydrogen-bond acceptors (Lipinski definition) is 18. The van der Waals surface area contributed by atoms with Crippen LogP contribution in [0, 0.1) is 37.4 Å². The minimum absolute atomic E-state index is 0.000876. The maximum Gasteiger partial charge on any atom is 0.412 e. The minimum atomic E-state index is -1.11. The fourth-order valence-electron chi connectivity index (χ4n) is 13.6. The number of benzene rings is 3. The number of amides is 9. The monoisotopic (exact) mass is 1560 g/mol. The van der Waals surface area contributed by atoms with Crippen molar-refractivity contribution in [3.63, 3.8) is 0 Å². The summed E-state index contributed by atoms with van der Waals surface area (Å²) in [6, 6.07) is 32.7. The Morgan fingerprint density at radius 1 is 0.535 bits per heavy atom. The van der Waals surface area contributed by atoms with Gasteiger partial charge in [0.2, 0.25) is 35.4 Å². The van der Waals surface area contributed by atoms with Crippen LogP contribution in [0.25, 0.3) is 0 Å². The molecule has 8 heterocycles. The molecule has 31 heteroatoms. The van der Waals surface area contributed by atoms with Crippen molar-refractivity contribution in [2.45, 2.75) is 142 Å². The van der Waals surface area contributed by atoms with Crippen molar-refractivity contribution < 1.29 is 66.1 Å². The smallest absolute Gasteiger partial charge is 0.412 e. The summed E-state index contributed by atoms with van der Waals surface area (Å²) >= 11 is 0. The summed E-state index contributed by atoms with van der Waals surface area (Å²) in [5.74, 6) is -2.87. The van der Waals surface area contributed by atoms with Crippen molar-refractivity contribution in [1.82, 2.24) is 55.9 Å². The van der Waals surface area contributed by atoms with Gasteiger partial charge in [0.25, 0.3) is 28.5 Å². The largest absolute Gasteiger partial charge is 0.444 e. The molecule has 3 aromatic carbocycles. The number of ketones is 1. The fourth-order valence-corrected chi connectivity index (χ4v) is 13.6. The molecule has 3 aliphatic heterocycles. The molecule has 9 N–H and O–H groups in total. The first-order chi connectivity index (χ1) is 55.0. The molecule has 8 aromatic rings. The first kappa shape index (κ1) is 83.3. The molecule has 4 aliphatic rings. The highest BCUT2D eigenvalue weighted by Gasteiger charge is 2.34.